The molecule has 2 rings (SSSR count). The van der Waals surface area contributed by atoms with Gasteiger partial charge in [-0.25, -0.2) is 8.78 Å². The van der Waals surface area contributed by atoms with Crippen molar-refractivity contribution in [2.45, 2.75) is 11.5 Å². The zero-order valence-corrected chi connectivity index (χ0v) is 11.8. The Morgan fingerprint density at radius 3 is 2.24 bits per heavy atom. The minimum Gasteiger partial charge on any atom is -0.451 e. The summed E-state index contributed by atoms with van der Waals surface area (Å²) in [5.74, 6) is -3.13. The van der Waals surface area contributed by atoms with E-state index < -0.39 is 29.3 Å². The van der Waals surface area contributed by atoms with Gasteiger partial charge in [0.25, 0.3) is 0 Å². The summed E-state index contributed by atoms with van der Waals surface area (Å²) in [6.07, 6.45) is -3.82. The molecular formula is C13H7BrF5NO. The van der Waals surface area contributed by atoms with Crippen LogP contribution in [0.25, 0.3) is 0 Å². The third kappa shape index (κ3) is 3.69. The molecule has 0 radical (unpaired) electrons. The molecule has 0 aliphatic heterocycles. The Bertz CT molecular complexity index is 636. The molecule has 1 heterocycles. The molecule has 0 bridgehead atoms. The second kappa shape index (κ2) is 5.97. The van der Waals surface area contributed by atoms with Crippen LogP contribution in [0.3, 0.4) is 0 Å². The van der Waals surface area contributed by atoms with E-state index in [0.717, 1.165) is 24.4 Å². The normalized spacial score (nSPS) is 11.5. The molecule has 21 heavy (non-hydrogen) atoms. The molecule has 0 amide bonds. The lowest BCUT2D eigenvalue weighted by atomic mass is 10.2. The topological polar surface area (TPSA) is 22.1 Å². The van der Waals surface area contributed by atoms with Gasteiger partial charge in [-0.1, -0.05) is 15.9 Å². The number of benzene rings is 1. The minimum atomic E-state index is -4.67. The number of ether oxygens (including phenoxy) is 1. The van der Waals surface area contributed by atoms with Crippen molar-refractivity contribution in [3.63, 3.8) is 0 Å². The van der Waals surface area contributed by atoms with E-state index in [1.807, 2.05) is 0 Å². The first-order valence-electron chi connectivity index (χ1n) is 5.56. The first-order chi connectivity index (χ1) is 9.81. The highest BCUT2D eigenvalue weighted by atomic mass is 79.9. The Hall–Kier alpha value is -1.70. The van der Waals surface area contributed by atoms with E-state index >= 15 is 0 Å². The van der Waals surface area contributed by atoms with Gasteiger partial charge < -0.3 is 4.74 Å². The molecule has 8 heteroatoms. The zero-order valence-electron chi connectivity index (χ0n) is 10.2. The first kappa shape index (κ1) is 15.7. The van der Waals surface area contributed by atoms with Gasteiger partial charge in [-0.3, -0.25) is 4.98 Å². The molecule has 0 unspecified atom stereocenters. The molecule has 0 aliphatic carbocycles. The van der Waals surface area contributed by atoms with E-state index in [4.69, 9.17) is 4.74 Å². The van der Waals surface area contributed by atoms with Crippen LogP contribution in [0.4, 0.5) is 22.0 Å². The summed E-state index contributed by atoms with van der Waals surface area (Å²) in [5, 5.41) is 0.231. The molecule has 0 saturated heterocycles. The van der Waals surface area contributed by atoms with E-state index in [2.05, 4.69) is 20.9 Å². The third-order valence-electron chi connectivity index (χ3n) is 2.45. The Morgan fingerprint density at radius 2 is 1.71 bits per heavy atom. The maximum absolute atomic E-state index is 13.7. The van der Waals surface area contributed by atoms with Crippen molar-refractivity contribution in [2.24, 2.45) is 0 Å². The van der Waals surface area contributed by atoms with Crippen molar-refractivity contribution in [2.75, 3.05) is 0 Å². The van der Waals surface area contributed by atoms with E-state index in [1.54, 1.807) is 0 Å². The number of hydrogen-bond donors (Lipinski definition) is 0. The maximum Gasteiger partial charge on any atom is 0.433 e. The van der Waals surface area contributed by atoms with Crippen molar-refractivity contribution >= 4 is 15.9 Å². The van der Waals surface area contributed by atoms with E-state index in [-0.39, 0.29) is 11.1 Å². The van der Waals surface area contributed by atoms with Gasteiger partial charge in [0.1, 0.15) is 11.4 Å². The van der Waals surface area contributed by atoms with Crippen LogP contribution in [-0.2, 0) is 11.5 Å². The van der Waals surface area contributed by atoms with Gasteiger partial charge in [-0.05, 0) is 23.8 Å². The number of pyridine rings is 1. The highest BCUT2D eigenvalue weighted by Gasteiger charge is 2.32. The van der Waals surface area contributed by atoms with Crippen LogP contribution < -0.4 is 4.74 Å². The lowest BCUT2D eigenvalue weighted by Gasteiger charge is -2.11. The fraction of sp³-hybridized carbons (Fsp3) is 0.154. The highest BCUT2D eigenvalue weighted by Crippen LogP contribution is 2.33. The van der Waals surface area contributed by atoms with Crippen molar-refractivity contribution in [3.8, 4) is 11.5 Å². The van der Waals surface area contributed by atoms with Gasteiger partial charge in [-0.2, -0.15) is 13.2 Å². The van der Waals surface area contributed by atoms with Crippen LogP contribution in [0.2, 0.25) is 0 Å². The first-order valence-corrected chi connectivity index (χ1v) is 6.68. The molecule has 1 aromatic carbocycles. The van der Waals surface area contributed by atoms with Crippen molar-refractivity contribution in [1.29, 1.82) is 0 Å². The van der Waals surface area contributed by atoms with Crippen LogP contribution in [0.15, 0.2) is 30.5 Å². The summed E-state index contributed by atoms with van der Waals surface area (Å²) < 4.78 is 69.7. The number of aromatic nitrogens is 1. The van der Waals surface area contributed by atoms with Gasteiger partial charge >= 0.3 is 6.18 Å². The van der Waals surface area contributed by atoms with E-state index in [0.29, 0.717) is 11.6 Å². The summed E-state index contributed by atoms with van der Waals surface area (Å²) in [6, 6.07) is 3.70. The lowest BCUT2D eigenvalue weighted by Crippen LogP contribution is -2.07. The average molecular weight is 368 g/mol. The molecule has 0 spiro atoms. The monoisotopic (exact) mass is 367 g/mol. The fourth-order valence-electron chi connectivity index (χ4n) is 1.53. The lowest BCUT2D eigenvalue weighted by molar-refractivity contribution is -0.141. The summed E-state index contributed by atoms with van der Waals surface area (Å²) in [6.45, 7) is 0. The molecule has 112 valence electrons. The predicted molar refractivity (Wildman–Crippen MR) is 68.3 cm³/mol. The van der Waals surface area contributed by atoms with Gasteiger partial charge in [-0.15, -0.1) is 0 Å². The molecule has 2 nitrogen and oxygen atoms in total. The molecule has 0 fully saturated rings. The number of hydrogen-bond acceptors (Lipinski definition) is 2. The van der Waals surface area contributed by atoms with Gasteiger partial charge in [0.2, 0.25) is 0 Å². The smallest absolute Gasteiger partial charge is 0.433 e. The number of alkyl halides is 4. The van der Waals surface area contributed by atoms with Gasteiger partial charge in [0.05, 0.1) is 0 Å². The standard InChI is InChI=1S/C13H7BrF5NO/c14-6-7-3-9(15)12(10(16)4-7)21-8-1-2-20-11(5-8)13(17,18)19/h1-5H,6H2. The predicted octanol–water partition coefficient (Wildman–Crippen LogP) is 5.07. The summed E-state index contributed by atoms with van der Waals surface area (Å²) in [4.78, 5) is 3.13. The van der Waals surface area contributed by atoms with Crippen molar-refractivity contribution < 1.29 is 26.7 Å². The zero-order chi connectivity index (χ0) is 15.6. The number of rotatable bonds is 3. The molecular weight excluding hydrogens is 361 g/mol. The van der Waals surface area contributed by atoms with Gasteiger partial charge in [0.15, 0.2) is 17.4 Å². The second-order valence-corrected chi connectivity index (χ2v) is 4.56. The van der Waals surface area contributed by atoms with E-state index in [1.165, 1.54) is 0 Å². The average Bonchev–Trinajstić information content (AvgIpc) is 2.42. The van der Waals surface area contributed by atoms with Crippen LogP contribution >= 0.6 is 15.9 Å². The largest absolute Gasteiger partial charge is 0.451 e. The molecule has 0 saturated carbocycles. The third-order valence-corrected chi connectivity index (χ3v) is 3.10. The minimum absolute atomic E-state index is 0.231. The van der Waals surface area contributed by atoms with E-state index in [9.17, 15) is 22.0 Å². The molecule has 0 N–H and O–H groups in total. The Kier molecular flexibility index (Phi) is 4.46. The summed E-state index contributed by atoms with van der Waals surface area (Å²) >= 11 is 3.04. The second-order valence-electron chi connectivity index (χ2n) is 4.00. The van der Waals surface area contributed by atoms with Gasteiger partial charge in [0, 0.05) is 17.6 Å². The van der Waals surface area contributed by atoms with Crippen LogP contribution in [-0.4, -0.2) is 4.98 Å². The van der Waals surface area contributed by atoms with Crippen LogP contribution in [0.1, 0.15) is 11.3 Å². The number of nitrogens with zero attached hydrogens (tertiary/aromatic N) is 1. The Balaban J connectivity index is 2.35. The number of halogens is 6. The summed E-state index contributed by atoms with van der Waals surface area (Å²) in [7, 11) is 0. The highest BCUT2D eigenvalue weighted by molar-refractivity contribution is 9.08. The Morgan fingerprint density at radius 1 is 1.10 bits per heavy atom. The molecule has 0 aliphatic rings. The molecule has 0 atom stereocenters. The maximum atomic E-state index is 13.7. The van der Waals surface area contributed by atoms with Crippen LogP contribution in [0, 0.1) is 11.6 Å². The molecule has 1 aromatic heterocycles. The fourth-order valence-corrected chi connectivity index (χ4v) is 1.86. The van der Waals surface area contributed by atoms with Crippen LogP contribution in [0.5, 0.6) is 11.5 Å². The SMILES string of the molecule is Fc1cc(CBr)cc(F)c1Oc1ccnc(C(F)(F)F)c1. The summed E-state index contributed by atoms with van der Waals surface area (Å²) in [5.41, 5.74) is -0.874. The van der Waals surface area contributed by atoms with Crippen molar-refractivity contribution in [3.05, 3.63) is 53.4 Å². The molecule has 2 aromatic rings. The quantitative estimate of drug-likeness (QED) is 0.558. The Labute approximate surface area is 124 Å². The van der Waals surface area contributed by atoms with Crippen molar-refractivity contribution in [1.82, 2.24) is 4.98 Å².